The minimum absolute atomic E-state index is 0.400. The van der Waals surface area contributed by atoms with Crippen LogP contribution in [-0.4, -0.2) is 5.67 Å². The Hall–Kier alpha value is -0.850. The summed E-state index contributed by atoms with van der Waals surface area (Å²) in [5.74, 6) is 0.400. The number of halogens is 1. The molecule has 0 saturated carbocycles. The highest BCUT2D eigenvalue weighted by molar-refractivity contribution is 5.15. The van der Waals surface area contributed by atoms with E-state index >= 15 is 0 Å². The van der Waals surface area contributed by atoms with Crippen molar-refractivity contribution in [3.05, 3.63) is 35.9 Å². The van der Waals surface area contributed by atoms with Gasteiger partial charge in [0.25, 0.3) is 0 Å². The molecule has 0 amide bonds. The summed E-state index contributed by atoms with van der Waals surface area (Å²) in [6.07, 6.45) is 1.59. The molecule has 0 radical (unpaired) electrons. The third-order valence-electron chi connectivity index (χ3n) is 2.26. The first-order valence-corrected chi connectivity index (χ1v) is 5.20. The highest BCUT2D eigenvalue weighted by Gasteiger charge is 2.19. The Labute approximate surface area is 86.2 Å². The molecule has 0 N–H and O–H groups in total. The predicted molar refractivity (Wildman–Crippen MR) is 59.1 cm³/mol. The molecule has 1 unspecified atom stereocenters. The lowest BCUT2D eigenvalue weighted by molar-refractivity contribution is 0.173. The van der Waals surface area contributed by atoms with Gasteiger partial charge in [-0.25, -0.2) is 4.39 Å². The van der Waals surface area contributed by atoms with Gasteiger partial charge in [-0.3, -0.25) is 0 Å². The Balaban J connectivity index is 2.46. The van der Waals surface area contributed by atoms with Gasteiger partial charge in [-0.1, -0.05) is 37.3 Å². The van der Waals surface area contributed by atoms with Crippen LogP contribution in [-0.2, 0) is 6.42 Å². The molecular formula is C13H19F. The van der Waals surface area contributed by atoms with Gasteiger partial charge >= 0.3 is 0 Å². The molecule has 0 aliphatic carbocycles. The normalized spacial score (nSPS) is 14.0. The number of alkyl halides is 1. The van der Waals surface area contributed by atoms with E-state index in [0.717, 1.165) is 6.42 Å². The molecule has 0 spiro atoms. The van der Waals surface area contributed by atoms with Crippen molar-refractivity contribution in [1.29, 1.82) is 0 Å². The summed E-state index contributed by atoms with van der Waals surface area (Å²) < 4.78 is 13.3. The van der Waals surface area contributed by atoms with E-state index in [1.165, 1.54) is 5.56 Å². The Morgan fingerprint density at radius 1 is 1.21 bits per heavy atom. The number of hydrogen-bond donors (Lipinski definition) is 0. The maximum absolute atomic E-state index is 13.3. The quantitative estimate of drug-likeness (QED) is 0.679. The van der Waals surface area contributed by atoms with Crippen LogP contribution in [0.25, 0.3) is 0 Å². The second-order valence-electron chi connectivity index (χ2n) is 4.72. The first-order valence-electron chi connectivity index (χ1n) is 5.20. The first-order chi connectivity index (χ1) is 6.47. The van der Waals surface area contributed by atoms with E-state index < -0.39 is 5.67 Å². The summed E-state index contributed by atoms with van der Waals surface area (Å²) in [6.45, 7) is 5.40. The molecular weight excluding hydrogens is 175 g/mol. The molecule has 1 atom stereocenters. The van der Waals surface area contributed by atoms with E-state index in [1.807, 2.05) is 18.2 Å². The summed E-state index contributed by atoms with van der Waals surface area (Å²) in [7, 11) is 0. The maximum atomic E-state index is 13.3. The molecule has 1 rings (SSSR count). The molecule has 0 aliphatic heterocycles. The standard InChI is InChI=1S/C13H19F/c1-11(10-13(2,3)14)9-12-7-5-4-6-8-12/h4-8,11H,9-10H2,1-3H3. The molecule has 0 aliphatic rings. The van der Waals surface area contributed by atoms with Crippen molar-refractivity contribution in [3.8, 4) is 0 Å². The molecule has 1 heteroatoms. The van der Waals surface area contributed by atoms with E-state index in [4.69, 9.17) is 0 Å². The fourth-order valence-electron chi connectivity index (χ4n) is 1.92. The first kappa shape index (κ1) is 11.2. The highest BCUT2D eigenvalue weighted by Crippen LogP contribution is 2.22. The van der Waals surface area contributed by atoms with Crippen molar-refractivity contribution < 1.29 is 4.39 Å². The zero-order valence-corrected chi connectivity index (χ0v) is 9.26. The van der Waals surface area contributed by atoms with Crippen LogP contribution in [0.5, 0.6) is 0 Å². The Morgan fingerprint density at radius 2 is 1.79 bits per heavy atom. The SMILES string of the molecule is CC(Cc1ccccc1)CC(C)(C)F. The summed E-state index contributed by atoms with van der Waals surface area (Å²) in [5.41, 5.74) is 0.248. The zero-order chi connectivity index (χ0) is 10.6. The largest absolute Gasteiger partial charge is 0.244 e. The fourth-order valence-corrected chi connectivity index (χ4v) is 1.92. The van der Waals surface area contributed by atoms with Crippen LogP contribution in [0.2, 0.25) is 0 Å². The van der Waals surface area contributed by atoms with Crippen LogP contribution in [0.1, 0.15) is 32.8 Å². The minimum Gasteiger partial charge on any atom is -0.244 e. The lowest BCUT2D eigenvalue weighted by atomic mass is 9.91. The molecule has 1 aromatic carbocycles. The van der Waals surface area contributed by atoms with Crippen LogP contribution < -0.4 is 0 Å². The van der Waals surface area contributed by atoms with Crippen LogP contribution in [0.3, 0.4) is 0 Å². The van der Waals surface area contributed by atoms with Crippen LogP contribution in [0, 0.1) is 5.92 Å². The minimum atomic E-state index is -1.05. The van der Waals surface area contributed by atoms with Crippen molar-refractivity contribution >= 4 is 0 Å². The van der Waals surface area contributed by atoms with Crippen molar-refractivity contribution in [2.24, 2.45) is 5.92 Å². The van der Waals surface area contributed by atoms with Gasteiger partial charge in [0.15, 0.2) is 0 Å². The van der Waals surface area contributed by atoms with Gasteiger partial charge in [0.05, 0.1) is 0 Å². The molecule has 0 aromatic heterocycles. The maximum Gasteiger partial charge on any atom is 0.105 e. The second kappa shape index (κ2) is 4.59. The highest BCUT2D eigenvalue weighted by atomic mass is 19.1. The molecule has 14 heavy (non-hydrogen) atoms. The summed E-state index contributed by atoms with van der Waals surface area (Å²) in [4.78, 5) is 0. The summed E-state index contributed by atoms with van der Waals surface area (Å²) in [5, 5.41) is 0. The van der Waals surface area contributed by atoms with Gasteiger partial charge in [-0.15, -0.1) is 0 Å². The molecule has 0 saturated heterocycles. The summed E-state index contributed by atoms with van der Waals surface area (Å²) in [6, 6.07) is 10.3. The van der Waals surface area contributed by atoms with E-state index in [2.05, 4.69) is 19.1 Å². The van der Waals surface area contributed by atoms with E-state index in [0.29, 0.717) is 12.3 Å². The van der Waals surface area contributed by atoms with Crippen LogP contribution >= 0.6 is 0 Å². The van der Waals surface area contributed by atoms with Gasteiger partial charge in [-0.05, 0) is 38.2 Å². The molecule has 1 aromatic rings. The number of rotatable bonds is 4. The Bertz CT molecular complexity index is 258. The number of hydrogen-bond acceptors (Lipinski definition) is 0. The summed E-state index contributed by atoms with van der Waals surface area (Å²) >= 11 is 0. The Kier molecular flexibility index (Phi) is 3.68. The van der Waals surface area contributed by atoms with Gasteiger partial charge < -0.3 is 0 Å². The van der Waals surface area contributed by atoms with Gasteiger partial charge in [0, 0.05) is 0 Å². The van der Waals surface area contributed by atoms with Crippen molar-refractivity contribution in [1.82, 2.24) is 0 Å². The lowest BCUT2D eigenvalue weighted by Crippen LogP contribution is -2.17. The third-order valence-corrected chi connectivity index (χ3v) is 2.26. The van der Waals surface area contributed by atoms with Crippen molar-refractivity contribution in [3.63, 3.8) is 0 Å². The molecule has 0 heterocycles. The third kappa shape index (κ3) is 4.40. The lowest BCUT2D eigenvalue weighted by Gasteiger charge is -2.19. The van der Waals surface area contributed by atoms with Gasteiger partial charge in [-0.2, -0.15) is 0 Å². The predicted octanol–water partition coefficient (Wildman–Crippen LogP) is 4.00. The average molecular weight is 194 g/mol. The van der Waals surface area contributed by atoms with Crippen molar-refractivity contribution in [2.45, 2.75) is 39.3 Å². The van der Waals surface area contributed by atoms with E-state index in [-0.39, 0.29) is 0 Å². The van der Waals surface area contributed by atoms with Gasteiger partial charge in [0.2, 0.25) is 0 Å². The zero-order valence-electron chi connectivity index (χ0n) is 9.26. The van der Waals surface area contributed by atoms with Gasteiger partial charge in [0.1, 0.15) is 5.67 Å². The topological polar surface area (TPSA) is 0 Å². The molecule has 0 fully saturated rings. The monoisotopic (exact) mass is 194 g/mol. The van der Waals surface area contributed by atoms with E-state index in [1.54, 1.807) is 13.8 Å². The second-order valence-corrected chi connectivity index (χ2v) is 4.72. The van der Waals surface area contributed by atoms with Crippen molar-refractivity contribution in [2.75, 3.05) is 0 Å². The Morgan fingerprint density at radius 3 is 2.29 bits per heavy atom. The smallest absolute Gasteiger partial charge is 0.105 e. The molecule has 78 valence electrons. The van der Waals surface area contributed by atoms with Crippen LogP contribution in [0.15, 0.2) is 30.3 Å². The average Bonchev–Trinajstić information content (AvgIpc) is 2.02. The van der Waals surface area contributed by atoms with E-state index in [9.17, 15) is 4.39 Å². The number of benzene rings is 1. The molecule has 0 nitrogen and oxygen atoms in total. The fraction of sp³-hybridized carbons (Fsp3) is 0.538. The van der Waals surface area contributed by atoms with Crippen LogP contribution in [0.4, 0.5) is 4.39 Å². The molecule has 0 bridgehead atoms.